The van der Waals surface area contributed by atoms with E-state index in [1.54, 1.807) is 30.3 Å². The largest absolute Gasteiger partial charge is 0.428 e. The molecule has 1 saturated heterocycles. The smallest absolute Gasteiger partial charge is 0.370 e. The van der Waals surface area contributed by atoms with Gasteiger partial charge in [-0.25, -0.2) is 9.37 Å². The molecule has 0 radical (unpaired) electrons. The molecule has 2 aromatic heterocycles. The summed E-state index contributed by atoms with van der Waals surface area (Å²) in [6.07, 6.45) is -0.0418. The first kappa shape index (κ1) is 25.8. The highest BCUT2D eigenvalue weighted by atomic mass is 19.4. The third-order valence-corrected chi connectivity index (χ3v) is 7.27. The van der Waals surface area contributed by atoms with Crippen LogP contribution in [0.3, 0.4) is 0 Å². The third-order valence-electron chi connectivity index (χ3n) is 7.27. The van der Waals surface area contributed by atoms with Crippen molar-refractivity contribution in [3.05, 3.63) is 95.3 Å². The maximum Gasteiger partial charge on any atom is 0.428 e. The van der Waals surface area contributed by atoms with Gasteiger partial charge in [0, 0.05) is 43.2 Å². The number of halogens is 4. The van der Waals surface area contributed by atoms with Crippen LogP contribution in [0.2, 0.25) is 0 Å². The number of nitrogens with zero attached hydrogens (tertiary/aromatic N) is 4. The predicted octanol–water partition coefficient (Wildman–Crippen LogP) is 5.41. The molecule has 4 aromatic rings. The van der Waals surface area contributed by atoms with Crippen LogP contribution in [0.1, 0.15) is 53.0 Å². The molecule has 1 N–H and O–H groups in total. The molecule has 0 bridgehead atoms. The van der Waals surface area contributed by atoms with Crippen LogP contribution >= 0.6 is 0 Å². The summed E-state index contributed by atoms with van der Waals surface area (Å²) in [5.74, 6) is -1.25. The molecular formula is C28H26F4N4O2. The number of benzene rings is 2. The first-order valence-corrected chi connectivity index (χ1v) is 12.4. The molecule has 5 rings (SSSR count). The zero-order valence-corrected chi connectivity index (χ0v) is 20.6. The number of fused-ring (bicyclic) bond motifs is 1. The third kappa shape index (κ3) is 4.42. The molecule has 1 aliphatic heterocycles. The normalized spacial score (nSPS) is 16.5. The van der Waals surface area contributed by atoms with Crippen LogP contribution in [0, 0.1) is 5.82 Å². The maximum absolute atomic E-state index is 14.4. The molecule has 198 valence electrons. The van der Waals surface area contributed by atoms with Crippen LogP contribution in [-0.4, -0.2) is 49.7 Å². The first-order chi connectivity index (χ1) is 18.1. The number of piperidine rings is 1. The van der Waals surface area contributed by atoms with Gasteiger partial charge in [0.2, 0.25) is 5.60 Å². The number of aryl methyl sites for hydroxylation is 1. The fraction of sp³-hybridized carbons (Fsp3) is 0.321. The van der Waals surface area contributed by atoms with Gasteiger partial charge in [0.05, 0.1) is 11.0 Å². The molecule has 1 atom stereocenters. The predicted molar refractivity (Wildman–Crippen MR) is 133 cm³/mol. The van der Waals surface area contributed by atoms with Crippen LogP contribution in [0.5, 0.6) is 0 Å². The number of carbonyl (C=O) groups excluding carboxylic acids is 1. The number of aromatic nitrogens is 3. The second-order valence-electron chi connectivity index (χ2n) is 9.45. The number of pyridine rings is 1. The Balaban J connectivity index is 1.47. The highest BCUT2D eigenvalue weighted by Crippen LogP contribution is 2.44. The van der Waals surface area contributed by atoms with Gasteiger partial charge in [-0.2, -0.15) is 13.2 Å². The van der Waals surface area contributed by atoms with Crippen LogP contribution in [0.15, 0.2) is 67.0 Å². The minimum Gasteiger partial charge on any atom is -0.370 e. The number of amides is 1. The quantitative estimate of drug-likeness (QED) is 0.353. The average molecular weight is 527 g/mol. The SMILES string of the molecule is CCn1c(C(O)(c2ccc(F)cc2)C(F)(F)F)nc2ccc(C(=O)N3CCC(c4ccncc4)CC3)cc21. The van der Waals surface area contributed by atoms with Gasteiger partial charge in [0.1, 0.15) is 5.82 Å². The fourth-order valence-electron chi connectivity index (χ4n) is 5.20. The molecule has 3 heterocycles. The lowest BCUT2D eigenvalue weighted by molar-refractivity contribution is -0.252. The van der Waals surface area contributed by atoms with Crippen molar-refractivity contribution in [2.24, 2.45) is 0 Å². The summed E-state index contributed by atoms with van der Waals surface area (Å²) in [6, 6.07) is 12.0. The lowest BCUT2D eigenvalue weighted by atomic mass is 9.90. The zero-order valence-electron chi connectivity index (χ0n) is 20.6. The summed E-state index contributed by atoms with van der Waals surface area (Å²) in [4.78, 5) is 23.3. The number of rotatable bonds is 5. The number of likely N-dealkylation sites (tertiary alicyclic amines) is 1. The Bertz CT molecular complexity index is 1450. The van der Waals surface area contributed by atoms with Crippen molar-refractivity contribution in [2.45, 2.75) is 44.0 Å². The molecule has 1 unspecified atom stereocenters. The maximum atomic E-state index is 14.4. The minimum atomic E-state index is -5.14. The summed E-state index contributed by atoms with van der Waals surface area (Å²) < 4.78 is 57.8. The summed E-state index contributed by atoms with van der Waals surface area (Å²) in [7, 11) is 0. The van der Waals surface area contributed by atoms with Gasteiger partial charge in [-0.3, -0.25) is 9.78 Å². The Morgan fingerprint density at radius 3 is 2.29 bits per heavy atom. The first-order valence-electron chi connectivity index (χ1n) is 12.4. The van der Waals surface area contributed by atoms with E-state index in [1.807, 2.05) is 12.1 Å². The number of carbonyl (C=O) groups is 1. The molecule has 0 saturated carbocycles. The number of alkyl halides is 3. The zero-order chi connectivity index (χ0) is 27.1. The summed E-state index contributed by atoms with van der Waals surface area (Å²) in [5.41, 5.74) is -2.01. The van der Waals surface area contributed by atoms with Crippen molar-refractivity contribution in [1.82, 2.24) is 19.4 Å². The Morgan fingerprint density at radius 2 is 1.68 bits per heavy atom. The van der Waals surface area contributed by atoms with Crippen molar-refractivity contribution in [1.29, 1.82) is 0 Å². The van der Waals surface area contributed by atoms with Crippen molar-refractivity contribution in [3.8, 4) is 0 Å². The summed E-state index contributed by atoms with van der Waals surface area (Å²) in [6.45, 7) is 2.80. The Labute approximate surface area is 216 Å². The molecular weight excluding hydrogens is 500 g/mol. The van der Waals surface area contributed by atoms with Gasteiger partial charge in [-0.15, -0.1) is 0 Å². The second kappa shape index (κ2) is 9.83. The topological polar surface area (TPSA) is 71.2 Å². The van der Waals surface area contributed by atoms with Crippen molar-refractivity contribution < 1.29 is 27.5 Å². The van der Waals surface area contributed by atoms with E-state index >= 15 is 0 Å². The van der Waals surface area contributed by atoms with Gasteiger partial charge < -0.3 is 14.6 Å². The van der Waals surface area contributed by atoms with Crippen LogP contribution in [0.4, 0.5) is 17.6 Å². The van der Waals surface area contributed by atoms with E-state index in [0.29, 0.717) is 30.1 Å². The van der Waals surface area contributed by atoms with E-state index in [4.69, 9.17) is 0 Å². The molecule has 0 aliphatic carbocycles. The van der Waals surface area contributed by atoms with E-state index in [9.17, 15) is 27.5 Å². The fourth-order valence-corrected chi connectivity index (χ4v) is 5.20. The van der Waals surface area contributed by atoms with Crippen molar-refractivity contribution in [3.63, 3.8) is 0 Å². The highest BCUT2D eigenvalue weighted by molar-refractivity contribution is 5.97. The molecule has 1 amide bonds. The molecule has 2 aromatic carbocycles. The van der Waals surface area contributed by atoms with Crippen LogP contribution in [-0.2, 0) is 12.1 Å². The molecule has 1 aliphatic rings. The second-order valence-corrected chi connectivity index (χ2v) is 9.45. The van der Waals surface area contributed by atoms with Gasteiger partial charge in [-0.05, 0) is 73.7 Å². The van der Waals surface area contributed by atoms with E-state index in [2.05, 4.69) is 9.97 Å². The number of hydrogen-bond acceptors (Lipinski definition) is 4. The lowest BCUT2D eigenvalue weighted by Crippen LogP contribution is -2.45. The number of imidazole rings is 1. The van der Waals surface area contributed by atoms with E-state index in [1.165, 1.54) is 22.3 Å². The van der Waals surface area contributed by atoms with Gasteiger partial charge in [0.15, 0.2) is 5.82 Å². The molecule has 10 heteroatoms. The molecule has 6 nitrogen and oxygen atoms in total. The van der Waals surface area contributed by atoms with E-state index in [-0.39, 0.29) is 18.0 Å². The monoisotopic (exact) mass is 526 g/mol. The summed E-state index contributed by atoms with van der Waals surface area (Å²) in [5, 5.41) is 11.1. The Kier molecular flexibility index (Phi) is 6.68. The minimum absolute atomic E-state index is 0.0559. The van der Waals surface area contributed by atoms with E-state index < -0.39 is 29.0 Å². The lowest BCUT2D eigenvalue weighted by Gasteiger charge is -2.32. The average Bonchev–Trinajstić information content (AvgIpc) is 3.31. The summed E-state index contributed by atoms with van der Waals surface area (Å²) >= 11 is 0. The van der Waals surface area contributed by atoms with Crippen LogP contribution in [0.25, 0.3) is 11.0 Å². The van der Waals surface area contributed by atoms with Gasteiger partial charge >= 0.3 is 6.18 Å². The van der Waals surface area contributed by atoms with Gasteiger partial charge in [-0.1, -0.05) is 12.1 Å². The van der Waals surface area contributed by atoms with Crippen molar-refractivity contribution >= 4 is 16.9 Å². The number of hydrogen-bond donors (Lipinski definition) is 1. The standard InChI is InChI=1S/C28H26F4N4O2/c1-2-36-24-17-20(25(37)35-15-11-19(12-16-35)18-9-13-33-14-10-18)3-8-23(24)34-26(36)27(38,28(30,31)32)21-4-6-22(29)7-5-21/h3-10,13-14,17,19,38H,2,11-12,15-16H2,1H3. The highest BCUT2D eigenvalue weighted by Gasteiger charge is 2.59. The Hall–Kier alpha value is -3.79. The van der Waals surface area contributed by atoms with E-state index in [0.717, 1.165) is 37.1 Å². The number of aliphatic hydroxyl groups is 1. The van der Waals surface area contributed by atoms with Crippen molar-refractivity contribution in [2.75, 3.05) is 13.1 Å². The molecule has 0 spiro atoms. The Morgan fingerprint density at radius 1 is 1.03 bits per heavy atom. The van der Waals surface area contributed by atoms with Crippen LogP contribution < -0.4 is 0 Å². The van der Waals surface area contributed by atoms with Gasteiger partial charge in [0.25, 0.3) is 5.91 Å². The molecule has 38 heavy (non-hydrogen) atoms. The molecule has 1 fully saturated rings.